The topological polar surface area (TPSA) is 54.0 Å². The minimum absolute atomic E-state index is 0.00939. The third-order valence-electron chi connectivity index (χ3n) is 4.66. The number of rotatable bonds is 4. The summed E-state index contributed by atoms with van der Waals surface area (Å²) in [5.74, 6) is 0.736. The lowest BCUT2D eigenvalue weighted by molar-refractivity contribution is -0.0364. The fourth-order valence-electron chi connectivity index (χ4n) is 3.20. The van der Waals surface area contributed by atoms with Crippen LogP contribution in [0.4, 0.5) is 4.79 Å². The van der Waals surface area contributed by atoms with Gasteiger partial charge in [-0.25, -0.2) is 4.79 Å². The first-order chi connectivity index (χ1) is 11.7. The summed E-state index contributed by atoms with van der Waals surface area (Å²) in [6.07, 6.45) is 0.696. The number of piperazine rings is 1. The molecular weight excluding hydrogens is 330 g/mol. The number of methoxy groups -OCH3 is 1. The van der Waals surface area contributed by atoms with Crippen LogP contribution in [0, 0.1) is 0 Å². The molecule has 1 unspecified atom stereocenters. The number of amides is 2. The van der Waals surface area contributed by atoms with E-state index in [0.717, 1.165) is 44.1 Å². The molecule has 1 atom stereocenters. The fourth-order valence-corrected chi connectivity index (χ4v) is 3.47. The standard InChI is InChI=1S/C17H24ClN3O3/c1-23-15-3-2-13(16(18)10-15)4-5-19-17(22)21-7-6-20-8-9-24-12-14(20)11-21/h2-3,10,14H,4-9,11-12H2,1H3,(H,19,22). The van der Waals surface area contributed by atoms with Gasteiger partial charge in [0.25, 0.3) is 0 Å². The number of hydrogen-bond acceptors (Lipinski definition) is 4. The zero-order valence-electron chi connectivity index (χ0n) is 14.0. The number of fused-ring (bicyclic) bond motifs is 1. The highest BCUT2D eigenvalue weighted by Crippen LogP contribution is 2.22. The molecule has 1 N–H and O–H groups in total. The summed E-state index contributed by atoms with van der Waals surface area (Å²) in [4.78, 5) is 16.6. The van der Waals surface area contributed by atoms with Crippen LogP contribution in [0.2, 0.25) is 5.02 Å². The van der Waals surface area contributed by atoms with Crippen LogP contribution in [0.1, 0.15) is 5.56 Å². The summed E-state index contributed by atoms with van der Waals surface area (Å²) < 4.78 is 10.7. The molecule has 1 aromatic rings. The predicted molar refractivity (Wildman–Crippen MR) is 92.9 cm³/mol. The smallest absolute Gasteiger partial charge is 0.317 e. The number of morpholine rings is 1. The third-order valence-corrected chi connectivity index (χ3v) is 5.01. The summed E-state index contributed by atoms with van der Waals surface area (Å²) in [6, 6.07) is 5.93. The van der Waals surface area contributed by atoms with Gasteiger partial charge in [-0.3, -0.25) is 4.90 Å². The first kappa shape index (κ1) is 17.3. The van der Waals surface area contributed by atoms with E-state index < -0.39 is 0 Å². The summed E-state index contributed by atoms with van der Waals surface area (Å²) in [7, 11) is 1.61. The zero-order chi connectivity index (χ0) is 16.9. The van der Waals surface area contributed by atoms with E-state index >= 15 is 0 Å². The molecule has 7 heteroatoms. The molecule has 2 aliphatic rings. The maximum absolute atomic E-state index is 12.4. The molecule has 3 rings (SSSR count). The highest BCUT2D eigenvalue weighted by atomic mass is 35.5. The Morgan fingerprint density at radius 2 is 2.29 bits per heavy atom. The van der Waals surface area contributed by atoms with Crippen LogP contribution >= 0.6 is 11.6 Å². The second kappa shape index (κ2) is 8.05. The van der Waals surface area contributed by atoms with Crippen molar-refractivity contribution in [2.45, 2.75) is 12.5 Å². The summed E-state index contributed by atoms with van der Waals surface area (Å²) in [5, 5.41) is 3.65. The fraction of sp³-hybridized carbons (Fsp3) is 0.588. The molecule has 6 nitrogen and oxygen atoms in total. The first-order valence-electron chi connectivity index (χ1n) is 8.34. The minimum Gasteiger partial charge on any atom is -0.497 e. The van der Waals surface area contributed by atoms with Crippen molar-refractivity contribution in [2.24, 2.45) is 0 Å². The SMILES string of the molecule is COc1ccc(CCNC(=O)N2CCN3CCOCC3C2)c(Cl)c1. The Labute approximate surface area is 147 Å². The van der Waals surface area contributed by atoms with Crippen molar-refractivity contribution < 1.29 is 14.3 Å². The van der Waals surface area contributed by atoms with Crippen molar-refractivity contribution in [3.63, 3.8) is 0 Å². The number of hydrogen-bond donors (Lipinski definition) is 1. The number of halogens is 1. The lowest BCUT2D eigenvalue weighted by Crippen LogP contribution is -2.60. The maximum atomic E-state index is 12.4. The number of nitrogens with zero attached hydrogens (tertiary/aromatic N) is 2. The Kier molecular flexibility index (Phi) is 5.81. The molecule has 2 saturated heterocycles. The van der Waals surface area contributed by atoms with Crippen molar-refractivity contribution in [1.82, 2.24) is 15.1 Å². The van der Waals surface area contributed by atoms with Crippen molar-refractivity contribution in [3.8, 4) is 5.75 Å². The average molecular weight is 354 g/mol. The zero-order valence-corrected chi connectivity index (χ0v) is 14.7. The lowest BCUT2D eigenvalue weighted by atomic mass is 10.1. The molecule has 0 aromatic heterocycles. The van der Waals surface area contributed by atoms with E-state index in [0.29, 0.717) is 30.6 Å². The Morgan fingerprint density at radius 3 is 3.08 bits per heavy atom. The van der Waals surface area contributed by atoms with Gasteiger partial charge in [-0.05, 0) is 24.1 Å². The molecule has 2 amide bonds. The molecule has 2 fully saturated rings. The van der Waals surface area contributed by atoms with E-state index in [2.05, 4.69) is 10.2 Å². The van der Waals surface area contributed by atoms with E-state index in [-0.39, 0.29) is 6.03 Å². The molecule has 0 aliphatic carbocycles. The summed E-state index contributed by atoms with van der Waals surface area (Å²) >= 11 is 6.23. The van der Waals surface area contributed by atoms with Crippen LogP contribution in [0.25, 0.3) is 0 Å². The molecule has 0 radical (unpaired) electrons. The summed E-state index contributed by atoms with van der Waals surface area (Å²) in [6.45, 7) is 5.46. The number of ether oxygens (including phenoxy) is 2. The maximum Gasteiger partial charge on any atom is 0.317 e. The molecule has 0 saturated carbocycles. The van der Waals surface area contributed by atoms with Gasteiger partial charge in [0.2, 0.25) is 0 Å². The van der Waals surface area contributed by atoms with Crippen molar-refractivity contribution in [3.05, 3.63) is 28.8 Å². The van der Waals surface area contributed by atoms with Crippen LogP contribution in [0.5, 0.6) is 5.75 Å². The summed E-state index contributed by atoms with van der Waals surface area (Å²) in [5.41, 5.74) is 1.00. The molecule has 0 bridgehead atoms. The van der Waals surface area contributed by atoms with Gasteiger partial charge in [0, 0.05) is 37.7 Å². The second-order valence-corrected chi connectivity index (χ2v) is 6.56. The van der Waals surface area contributed by atoms with Gasteiger partial charge < -0.3 is 19.7 Å². The van der Waals surface area contributed by atoms with Gasteiger partial charge in [0.15, 0.2) is 0 Å². The van der Waals surface area contributed by atoms with E-state index in [1.54, 1.807) is 13.2 Å². The third kappa shape index (κ3) is 4.12. The van der Waals surface area contributed by atoms with Gasteiger partial charge in [-0.1, -0.05) is 17.7 Å². The molecular formula is C17H24ClN3O3. The van der Waals surface area contributed by atoms with Crippen molar-refractivity contribution in [1.29, 1.82) is 0 Å². The van der Waals surface area contributed by atoms with E-state index in [9.17, 15) is 4.79 Å². The normalized spacial score (nSPS) is 21.2. The molecule has 24 heavy (non-hydrogen) atoms. The highest BCUT2D eigenvalue weighted by molar-refractivity contribution is 6.31. The van der Waals surface area contributed by atoms with E-state index in [1.165, 1.54) is 0 Å². The molecule has 2 heterocycles. The van der Waals surface area contributed by atoms with Gasteiger partial charge in [-0.2, -0.15) is 0 Å². The van der Waals surface area contributed by atoms with Crippen LogP contribution < -0.4 is 10.1 Å². The number of nitrogens with one attached hydrogen (secondary N) is 1. The average Bonchev–Trinajstić information content (AvgIpc) is 2.62. The van der Waals surface area contributed by atoms with Crippen molar-refractivity contribution in [2.75, 3.05) is 53.0 Å². The quantitative estimate of drug-likeness (QED) is 0.893. The number of urea groups is 1. The highest BCUT2D eigenvalue weighted by Gasteiger charge is 2.31. The lowest BCUT2D eigenvalue weighted by Gasteiger charge is -2.43. The second-order valence-electron chi connectivity index (χ2n) is 6.15. The Morgan fingerprint density at radius 1 is 1.42 bits per heavy atom. The van der Waals surface area contributed by atoms with Gasteiger partial charge >= 0.3 is 6.03 Å². The monoisotopic (exact) mass is 353 g/mol. The van der Waals surface area contributed by atoms with Crippen LogP contribution in [-0.2, 0) is 11.2 Å². The Bertz CT molecular complexity index is 584. The van der Waals surface area contributed by atoms with Crippen LogP contribution in [0.3, 0.4) is 0 Å². The van der Waals surface area contributed by atoms with Gasteiger partial charge in [0.1, 0.15) is 5.75 Å². The van der Waals surface area contributed by atoms with E-state index in [1.807, 2.05) is 17.0 Å². The molecule has 1 aromatic carbocycles. The van der Waals surface area contributed by atoms with Crippen molar-refractivity contribution >= 4 is 17.6 Å². The minimum atomic E-state index is -0.00939. The molecule has 132 valence electrons. The Balaban J connectivity index is 1.45. The van der Waals surface area contributed by atoms with Crippen LogP contribution in [-0.4, -0.2) is 74.9 Å². The van der Waals surface area contributed by atoms with Crippen LogP contribution in [0.15, 0.2) is 18.2 Å². The van der Waals surface area contributed by atoms with Gasteiger partial charge in [0.05, 0.1) is 26.4 Å². The number of carbonyl (C=O) groups is 1. The van der Waals surface area contributed by atoms with Gasteiger partial charge in [-0.15, -0.1) is 0 Å². The number of benzene rings is 1. The largest absolute Gasteiger partial charge is 0.497 e. The van der Waals surface area contributed by atoms with E-state index in [4.69, 9.17) is 21.1 Å². The predicted octanol–water partition coefficient (Wildman–Crippen LogP) is 1.62. The Hall–Kier alpha value is -1.50. The number of carbonyl (C=O) groups excluding carboxylic acids is 1. The first-order valence-corrected chi connectivity index (χ1v) is 8.72. The molecule has 2 aliphatic heterocycles. The molecule has 0 spiro atoms.